The summed E-state index contributed by atoms with van der Waals surface area (Å²) in [5, 5.41) is 0.170. The Bertz CT molecular complexity index is 1030. The van der Waals surface area contributed by atoms with E-state index in [4.69, 9.17) is 20.6 Å². The van der Waals surface area contributed by atoms with Gasteiger partial charge in [0.05, 0.1) is 40.7 Å². The summed E-state index contributed by atoms with van der Waals surface area (Å²) < 4.78 is 39.4. The van der Waals surface area contributed by atoms with Gasteiger partial charge in [-0.25, -0.2) is 0 Å². The van der Waals surface area contributed by atoms with Crippen molar-refractivity contribution in [3.8, 4) is 0 Å². The highest BCUT2D eigenvalue weighted by molar-refractivity contribution is 7.87. The second-order valence-corrected chi connectivity index (χ2v) is 6.24. The van der Waals surface area contributed by atoms with E-state index in [1.165, 1.54) is 24.7 Å². The average Bonchev–Trinajstić information content (AvgIpc) is 2.95. The lowest BCUT2D eigenvalue weighted by Gasteiger charge is -2.11. The Morgan fingerprint density at radius 3 is 2.83 bits per heavy atom. The van der Waals surface area contributed by atoms with Crippen LogP contribution in [0.15, 0.2) is 46.1 Å². The van der Waals surface area contributed by atoms with Crippen molar-refractivity contribution in [1.82, 2.24) is 9.55 Å². The molecule has 0 saturated carbocycles. The summed E-state index contributed by atoms with van der Waals surface area (Å²) in [6.07, 6.45) is 2.87. The molecule has 0 saturated heterocycles. The Hall–Kier alpha value is -2.36. The Morgan fingerprint density at radius 1 is 1.39 bits per heavy atom. The molecule has 0 fully saturated rings. The number of halogens is 1. The highest BCUT2D eigenvalue weighted by Gasteiger charge is 2.13. The number of furan rings is 1. The molecule has 0 aliphatic carbocycles. The Morgan fingerprint density at radius 2 is 2.17 bits per heavy atom. The van der Waals surface area contributed by atoms with Gasteiger partial charge in [-0.1, -0.05) is 11.6 Å². The van der Waals surface area contributed by atoms with Crippen LogP contribution in [0.4, 0.5) is 5.69 Å². The molecule has 0 spiro atoms. The fraction of sp³-hybridized carbons (Fsp3) is 0.0769. The van der Waals surface area contributed by atoms with E-state index in [1.807, 2.05) is 4.72 Å². The minimum absolute atomic E-state index is 0.0221. The van der Waals surface area contributed by atoms with Gasteiger partial charge in [-0.3, -0.25) is 14.1 Å². The van der Waals surface area contributed by atoms with E-state index >= 15 is 0 Å². The zero-order chi connectivity index (χ0) is 16.6. The van der Waals surface area contributed by atoms with Crippen LogP contribution in [0.25, 0.3) is 10.9 Å². The number of rotatable bonds is 4. The third kappa shape index (κ3) is 3.36. The van der Waals surface area contributed by atoms with Crippen molar-refractivity contribution in [2.75, 3.05) is 4.72 Å². The predicted molar refractivity (Wildman–Crippen MR) is 84.0 cm³/mol. The lowest BCUT2D eigenvalue weighted by molar-refractivity contribution is 0.489. The van der Waals surface area contributed by atoms with E-state index in [9.17, 15) is 13.2 Å². The number of aromatic nitrogens is 2. The quantitative estimate of drug-likeness (QED) is 0.691. The van der Waals surface area contributed by atoms with Gasteiger partial charge >= 0.3 is 10.3 Å². The van der Waals surface area contributed by atoms with E-state index in [-0.39, 0.29) is 16.1 Å². The molecule has 8 nitrogen and oxygen atoms in total. The Balaban J connectivity index is 2.16. The number of nitrogens with zero attached hydrogens (tertiary/aromatic N) is 2. The first-order valence-electron chi connectivity index (χ1n) is 6.30. The largest absolute Gasteiger partial charge is 0.467 e. The van der Waals surface area contributed by atoms with Gasteiger partial charge in [0, 0.05) is 0 Å². The summed E-state index contributed by atoms with van der Waals surface area (Å²) in [7, 11) is -4.51. The molecule has 3 aromatic rings. The lowest BCUT2D eigenvalue weighted by Crippen LogP contribution is -2.15. The summed E-state index contributed by atoms with van der Waals surface area (Å²) >= 11 is 6.02. The molecule has 1 aromatic carbocycles. The van der Waals surface area contributed by atoms with Crippen LogP contribution in [0.1, 0.15) is 5.76 Å². The maximum absolute atomic E-state index is 11.9. The number of fused-ring (bicyclic) bond motifs is 1. The van der Waals surface area contributed by atoms with E-state index in [0.29, 0.717) is 17.8 Å². The second-order valence-electron chi connectivity index (χ2n) is 4.68. The molecule has 0 unspecified atom stereocenters. The smallest absolute Gasteiger partial charge is 0.357 e. The monoisotopic (exact) mass is 355 g/mol. The molecule has 23 heavy (non-hydrogen) atoms. The Labute approximate surface area is 135 Å². The van der Waals surface area contributed by atoms with Crippen LogP contribution in [0.5, 0.6) is 0 Å². The highest BCUT2D eigenvalue weighted by Crippen LogP contribution is 2.27. The first-order valence-corrected chi connectivity index (χ1v) is 8.11. The third-order valence-corrected chi connectivity index (χ3v) is 3.88. The number of hydrogen-bond acceptors (Lipinski definition) is 5. The molecular weight excluding hydrogens is 346 g/mol. The van der Waals surface area contributed by atoms with Crippen LogP contribution in [0.2, 0.25) is 5.02 Å². The van der Waals surface area contributed by atoms with Crippen LogP contribution in [0.3, 0.4) is 0 Å². The average molecular weight is 356 g/mol. The first kappa shape index (κ1) is 15.5. The summed E-state index contributed by atoms with van der Waals surface area (Å²) in [5.74, 6) is 0.646. The van der Waals surface area contributed by atoms with Crippen LogP contribution >= 0.6 is 11.6 Å². The molecule has 2 N–H and O–H groups in total. The topological polar surface area (TPSA) is 114 Å². The molecule has 0 atom stereocenters. The van der Waals surface area contributed by atoms with Crippen molar-refractivity contribution in [1.29, 1.82) is 0 Å². The minimum atomic E-state index is -4.51. The number of benzene rings is 1. The van der Waals surface area contributed by atoms with Gasteiger partial charge in [-0.15, -0.1) is 0 Å². The number of hydrogen-bond donors (Lipinski definition) is 2. The summed E-state index contributed by atoms with van der Waals surface area (Å²) in [6.45, 7) is 0.318. The fourth-order valence-electron chi connectivity index (χ4n) is 2.14. The number of nitrogens with one attached hydrogen (secondary N) is 1. The molecule has 2 aromatic heterocycles. The van der Waals surface area contributed by atoms with Gasteiger partial charge in [-0.2, -0.15) is 13.4 Å². The van der Waals surface area contributed by atoms with Crippen LogP contribution in [-0.2, 0) is 16.8 Å². The SMILES string of the molecule is O=c1ncn(Cc2ccco2)c2cc(Cl)c(NS(=O)(=O)O)cc12. The molecule has 120 valence electrons. The van der Waals surface area contributed by atoms with Crippen molar-refractivity contribution < 1.29 is 17.4 Å². The third-order valence-electron chi connectivity index (χ3n) is 3.08. The van der Waals surface area contributed by atoms with Crippen molar-refractivity contribution in [3.05, 3.63) is 58.0 Å². The molecule has 0 radical (unpaired) electrons. The predicted octanol–water partition coefficient (Wildman–Crippen LogP) is 1.91. The maximum atomic E-state index is 11.9. The maximum Gasteiger partial charge on any atom is 0.357 e. The molecule has 0 amide bonds. The van der Waals surface area contributed by atoms with Gasteiger partial charge in [-0.05, 0) is 24.3 Å². The van der Waals surface area contributed by atoms with E-state index in [2.05, 4.69) is 4.98 Å². The van der Waals surface area contributed by atoms with Crippen molar-refractivity contribution >= 4 is 38.5 Å². The zero-order valence-electron chi connectivity index (χ0n) is 11.4. The normalized spacial score (nSPS) is 11.7. The van der Waals surface area contributed by atoms with Gasteiger partial charge in [0.15, 0.2) is 0 Å². The van der Waals surface area contributed by atoms with E-state index in [1.54, 1.807) is 16.7 Å². The second kappa shape index (κ2) is 5.69. The fourth-order valence-corrected chi connectivity index (χ4v) is 2.85. The molecular formula is C13H10ClN3O5S. The lowest BCUT2D eigenvalue weighted by atomic mass is 10.2. The molecule has 0 aliphatic heterocycles. The van der Waals surface area contributed by atoms with Crippen molar-refractivity contribution in [2.24, 2.45) is 0 Å². The van der Waals surface area contributed by atoms with Gasteiger partial charge in [0.1, 0.15) is 5.76 Å². The van der Waals surface area contributed by atoms with Gasteiger partial charge < -0.3 is 8.98 Å². The summed E-state index contributed by atoms with van der Waals surface area (Å²) in [5.41, 5.74) is -0.214. The van der Waals surface area contributed by atoms with Crippen LogP contribution < -0.4 is 10.3 Å². The summed E-state index contributed by atoms with van der Waals surface area (Å²) in [4.78, 5) is 15.7. The zero-order valence-corrected chi connectivity index (χ0v) is 13.0. The molecule has 2 heterocycles. The standard InChI is InChI=1S/C13H10ClN3O5S/c14-10-5-12-9(4-11(10)16-23(19,20)21)13(18)15-7-17(12)6-8-2-1-3-22-8/h1-5,7,16H,6H2,(H,19,20,21). The molecule has 3 rings (SSSR count). The molecule has 10 heteroatoms. The van der Waals surface area contributed by atoms with Crippen molar-refractivity contribution in [3.63, 3.8) is 0 Å². The van der Waals surface area contributed by atoms with Gasteiger partial charge in [0.25, 0.3) is 5.56 Å². The van der Waals surface area contributed by atoms with Crippen LogP contribution in [0, 0.1) is 0 Å². The first-order chi connectivity index (χ1) is 10.8. The minimum Gasteiger partial charge on any atom is -0.467 e. The molecule has 0 aliphatic rings. The Kier molecular flexibility index (Phi) is 3.84. The molecule has 0 bridgehead atoms. The van der Waals surface area contributed by atoms with Crippen LogP contribution in [-0.4, -0.2) is 22.5 Å². The van der Waals surface area contributed by atoms with Crippen molar-refractivity contribution in [2.45, 2.75) is 6.54 Å². The van der Waals surface area contributed by atoms with E-state index in [0.717, 1.165) is 0 Å². The highest BCUT2D eigenvalue weighted by atomic mass is 35.5. The van der Waals surface area contributed by atoms with E-state index < -0.39 is 15.9 Å². The number of anilines is 1. The van der Waals surface area contributed by atoms with Gasteiger partial charge in [0.2, 0.25) is 0 Å². The summed E-state index contributed by atoms with van der Waals surface area (Å²) in [6, 6.07) is 6.13.